The summed E-state index contributed by atoms with van der Waals surface area (Å²) in [6, 6.07) is 12.7. The second kappa shape index (κ2) is 9.21. The van der Waals surface area contributed by atoms with Gasteiger partial charge in [-0.15, -0.1) is 11.3 Å². The van der Waals surface area contributed by atoms with Gasteiger partial charge < -0.3 is 14.8 Å². The van der Waals surface area contributed by atoms with Crippen LogP contribution >= 0.6 is 27.3 Å². The second-order valence-corrected chi connectivity index (χ2v) is 8.18. The van der Waals surface area contributed by atoms with Gasteiger partial charge in [0.1, 0.15) is 18.1 Å². The number of carbonyl (C=O) groups excluding carboxylic acids is 1. The van der Waals surface area contributed by atoms with Crippen molar-refractivity contribution in [3.63, 3.8) is 0 Å². The Bertz CT molecular complexity index is 974. The molecule has 5 nitrogen and oxygen atoms in total. The molecule has 1 unspecified atom stereocenters. The first-order valence-corrected chi connectivity index (χ1v) is 10.4. The van der Waals surface area contributed by atoms with Crippen LogP contribution in [-0.2, 0) is 6.61 Å². The summed E-state index contributed by atoms with van der Waals surface area (Å²) in [5, 5.41) is 5.99. The maximum absolute atomic E-state index is 12.7. The lowest BCUT2D eigenvalue weighted by Gasteiger charge is -2.16. The van der Waals surface area contributed by atoms with Gasteiger partial charge in [0.15, 0.2) is 0 Å². The summed E-state index contributed by atoms with van der Waals surface area (Å²) in [7, 11) is 1.62. The van der Waals surface area contributed by atoms with E-state index in [0.717, 1.165) is 26.5 Å². The van der Waals surface area contributed by atoms with Crippen LogP contribution in [0.5, 0.6) is 11.5 Å². The monoisotopic (exact) mass is 460 g/mol. The molecule has 1 N–H and O–H groups in total. The molecule has 7 heteroatoms. The maximum Gasteiger partial charge on any atom is 0.251 e. The number of nitrogens with one attached hydrogen (secondary N) is 1. The molecule has 1 amide bonds. The largest absolute Gasteiger partial charge is 0.496 e. The number of rotatable bonds is 7. The molecule has 146 valence electrons. The number of aromatic nitrogens is 1. The molecular formula is C21H21BrN2O3S. The van der Waals surface area contributed by atoms with E-state index in [1.165, 1.54) is 0 Å². The van der Waals surface area contributed by atoms with E-state index in [-0.39, 0.29) is 11.9 Å². The highest BCUT2D eigenvalue weighted by molar-refractivity contribution is 9.10. The minimum Gasteiger partial charge on any atom is -0.496 e. The molecule has 1 atom stereocenters. The maximum atomic E-state index is 12.7. The predicted octanol–water partition coefficient (Wildman–Crippen LogP) is 5.29. The van der Waals surface area contributed by atoms with Gasteiger partial charge in [-0.1, -0.05) is 12.1 Å². The molecule has 0 aliphatic rings. The summed E-state index contributed by atoms with van der Waals surface area (Å²) in [5.41, 5.74) is 2.41. The summed E-state index contributed by atoms with van der Waals surface area (Å²) >= 11 is 5.06. The molecule has 0 aliphatic carbocycles. The molecule has 1 aromatic heterocycles. The van der Waals surface area contributed by atoms with Crippen LogP contribution < -0.4 is 14.8 Å². The SMILES string of the molecule is COc1ccc(C(C)NC(=O)c2cccc(OCc3csc(C)n3)c2)cc1Br. The smallest absolute Gasteiger partial charge is 0.251 e. The number of hydrogen-bond donors (Lipinski definition) is 1. The molecule has 2 aromatic carbocycles. The van der Waals surface area contributed by atoms with Crippen molar-refractivity contribution in [1.82, 2.24) is 10.3 Å². The first kappa shape index (κ1) is 20.4. The summed E-state index contributed by atoms with van der Waals surface area (Å²) < 4.78 is 11.9. The van der Waals surface area contributed by atoms with E-state index in [1.807, 2.05) is 49.6 Å². The predicted molar refractivity (Wildman–Crippen MR) is 114 cm³/mol. The number of amides is 1. The fourth-order valence-corrected chi connectivity index (χ4v) is 3.83. The number of hydrogen-bond acceptors (Lipinski definition) is 5. The van der Waals surface area contributed by atoms with E-state index in [1.54, 1.807) is 30.6 Å². The minimum absolute atomic E-state index is 0.155. The number of benzene rings is 2. The van der Waals surface area contributed by atoms with Crippen LogP contribution in [0.3, 0.4) is 0 Å². The first-order valence-electron chi connectivity index (χ1n) is 8.74. The summed E-state index contributed by atoms with van der Waals surface area (Å²) in [6.45, 7) is 4.28. The topological polar surface area (TPSA) is 60.5 Å². The molecule has 1 heterocycles. The number of ether oxygens (including phenoxy) is 2. The zero-order valence-electron chi connectivity index (χ0n) is 15.9. The summed E-state index contributed by atoms with van der Waals surface area (Å²) in [4.78, 5) is 17.0. The number of aryl methyl sites for hydroxylation is 1. The molecule has 3 aromatic rings. The molecule has 28 heavy (non-hydrogen) atoms. The summed E-state index contributed by atoms with van der Waals surface area (Å²) in [5.74, 6) is 1.23. The number of nitrogens with zero attached hydrogens (tertiary/aromatic N) is 1. The Morgan fingerprint density at radius 3 is 2.79 bits per heavy atom. The normalized spacial score (nSPS) is 11.7. The molecule has 0 bridgehead atoms. The van der Waals surface area contributed by atoms with Crippen LogP contribution in [0, 0.1) is 6.92 Å². The second-order valence-electron chi connectivity index (χ2n) is 6.26. The zero-order chi connectivity index (χ0) is 20.1. The van der Waals surface area contributed by atoms with Gasteiger partial charge in [-0.3, -0.25) is 4.79 Å². The van der Waals surface area contributed by atoms with E-state index < -0.39 is 0 Å². The number of thiazole rings is 1. The first-order chi connectivity index (χ1) is 13.5. The minimum atomic E-state index is -0.158. The number of halogens is 1. The van der Waals surface area contributed by atoms with Crippen molar-refractivity contribution in [2.75, 3.05) is 7.11 Å². The number of methoxy groups -OCH3 is 1. The third-order valence-corrected chi connectivity index (χ3v) is 5.62. The Morgan fingerprint density at radius 1 is 1.29 bits per heavy atom. The van der Waals surface area contributed by atoms with Gasteiger partial charge in [0.2, 0.25) is 0 Å². The van der Waals surface area contributed by atoms with E-state index in [0.29, 0.717) is 17.9 Å². The lowest BCUT2D eigenvalue weighted by atomic mass is 10.1. The molecule has 3 rings (SSSR count). The van der Waals surface area contributed by atoms with Crippen molar-refractivity contribution >= 4 is 33.2 Å². The van der Waals surface area contributed by atoms with Gasteiger partial charge in [0.25, 0.3) is 5.91 Å². The van der Waals surface area contributed by atoms with Crippen molar-refractivity contribution in [2.24, 2.45) is 0 Å². The fourth-order valence-electron chi connectivity index (χ4n) is 2.67. The van der Waals surface area contributed by atoms with E-state index in [2.05, 4.69) is 26.2 Å². The van der Waals surface area contributed by atoms with Crippen molar-refractivity contribution in [3.05, 3.63) is 74.1 Å². The van der Waals surface area contributed by atoms with Gasteiger partial charge in [0.05, 0.1) is 28.3 Å². The molecule has 0 aliphatic heterocycles. The molecular weight excluding hydrogens is 440 g/mol. The third-order valence-electron chi connectivity index (χ3n) is 4.17. The van der Waals surface area contributed by atoms with E-state index in [4.69, 9.17) is 9.47 Å². The average Bonchev–Trinajstić information content (AvgIpc) is 3.11. The van der Waals surface area contributed by atoms with Crippen LogP contribution in [0.15, 0.2) is 52.3 Å². The Kier molecular flexibility index (Phi) is 6.70. The van der Waals surface area contributed by atoms with Gasteiger partial charge >= 0.3 is 0 Å². The van der Waals surface area contributed by atoms with Crippen molar-refractivity contribution in [1.29, 1.82) is 0 Å². The van der Waals surface area contributed by atoms with Crippen LogP contribution in [-0.4, -0.2) is 18.0 Å². The van der Waals surface area contributed by atoms with Gasteiger partial charge in [-0.25, -0.2) is 4.98 Å². The highest BCUT2D eigenvalue weighted by Gasteiger charge is 2.14. The molecule has 0 radical (unpaired) electrons. The molecule has 0 fully saturated rings. The third kappa shape index (κ3) is 5.11. The molecule has 0 saturated carbocycles. The Labute approximate surface area is 176 Å². The van der Waals surface area contributed by atoms with Crippen molar-refractivity contribution < 1.29 is 14.3 Å². The Hall–Kier alpha value is -2.38. The van der Waals surface area contributed by atoms with Crippen LogP contribution in [0.25, 0.3) is 0 Å². The summed E-state index contributed by atoms with van der Waals surface area (Å²) in [6.07, 6.45) is 0. The lowest BCUT2D eigenvalue weighted by Crippen LogP contribution is -2.26. The fraction of sp³-hybridized carbons (Fsp3) is 0.238. The van der Waals surface area contributed by atoms with Crippen LogP contribution in [0.2, 0.25) is 0 Å². The van der Waals surface area contributed by atoms with Crippen LogP contribution in [0.4, 0.5) is 0 Å². The highest BCUT2D eigenvalue weighted by Crippen LogP contribution is 2.28. The van der Waals surface area contributed by atoms with E-state index in [9.17, 15) is 4.79 Å². The van der Waals surface area contributed by atoms with Gasteiger partial charge in [-0.2, -0.15) is 0 Å². The quantitative estimate of drug-likeness (QED) is 0.519. The molecule has 0 spiro atoms. The van der Waals surface area contributed by atoms with Crippen LogP contribution in [0.1, 0.15) is 39.6 Å². The van der Waals surface area contributed by atoms with E-state index >= 15 is 0 Å². The number of carbonyl (C=O) groups is 1. The highest BCUT2D eigenvalue weighted by atomic mass is 79.9. The molecule has 0 saturated heterocycles. The Balaban J connectivity index is 1.64. The van der Waals surface area contributed by atoms with Crippen molar-refractivity contribution in [2.45, 2.75) is 26.5 Å². The van der Waals surface area contributed by atoms with Gasteiger partial charge in [0, 0.05) is 10.9 Å². The average molecular weight is 461 g/mol. The zero-order valence-corrected chi connectivity index (χ0v) is 18.3. The van der Waals surface area contributed by atoms with Crippen molar-refractivity contribution in [3.8, 4) is 11.5 Å². The standard InChI is InChI=1S/C21H21BrN2O3S/c1-13(15-7-8-20(26-3)19(22)10-15)23-21(25)16-5-4-6-18(9-16)27-11-17-12-28-14(2)24-17/h4-10,12-13H,11H2,1-3H3,(H,23,25). The van der Waals surface area contributed by atoms with Gasteiger partial charge in [-0.05, 0) is 65.7 Å². The Morgan fingerprint density at radius 2 is 2.11 bits per heavy atom. The lowest BCUT2D eigenvalue weighted by molar-refractivity contribution is 0.0939.